The quantitative estimate of drug-likeness (QED) is 0.715. The maximum absolute atomic E-state index is 12.1. The number of nitrogens with one attached hydrogen (secondary N) is 1. The van der Waals surface area contributed by atoms with Crippen LogP contribution in [0, 0.1) is 0 Å². The molecule has 0 aromatic carbocycles. The number of fused-ring (bicyclic) bond motifs is 3. The fraction of sp³-hybridized carbons (Fsp3) is 0.333. The van der Waals surface area contributed by atoms with Crippen LogP contribution < -0.4 is 11.2 Å². The number of aryl methyl sites for hydroxylation is 1. The Bertz CT molecular complexity index is 785. The topological polar surface area (TPSA) is 84.8 Å². The van der Waals surface area contributed by atoms with Gasteiger partial charge in [-0.05, 0) is 18.4 Å². The summed E-state index contributed by atoms with van der Waals surface area (Å²) in [4.78, 5) is 41.9. The Morgan fingerprint density at radius 3 is 2.83 bits per heavy atom. The molecule has 0 radical (unpaired) electrons. The Hall–Kier alpha value is -2.24. The van der Waals surface area contributed by atoms with Crippen LogP contribution >= 0.6 is 0 Å². The summed E-state index contributed by atoms with van der Waals surface area (Å²) >= 11 is 0. The second-order valence-corrected chi connectivity index (χ2v) is 4.45. The Balaban J connectivity index is 2.53. The zero-order chi connectivity index (χ0) is 12.9. The fourth-order valence-electron chi connectivity index (χ4n) is 2.38. The Morgan fingerprint density at radius 2 is 2.06 bits per heavy atom. The fourth-order valence-corrected chi connectivity index (χ4v) is 2.38. The van der Waals surface area contributed by atoms with Crippen molar-refractivity contribution < 1.29 is 4.79 Å². The number of aromatic amines is 1. The molecule has 1 aliphatic carbocycles. The van der Waals surface area contributed by atoms with E-state index in [2.05, 4.69) is 9.97 Å². The first-order chi connectivity index (χ1) is 8.59. The molecule has 0 aliphatic heterocycles. The van der Waals surface area contributed by atoms with E-state index in [1.807, 2.05) is 0 Å². The summed E-state index contributed by atoms with van der Waals surface area (Å²) in [7, 11) is 1.41. The maximum Gasteiger partial charge on any atom is 0.329 e. The van der Waals surface area contributed by atoms with Gasteiger partial charge in [-0.15, -0.1) is 0 Å². The third-order valence-electron chi connectivity index (χ3n) is 3.37. The first-order valence-corrected chi connectivity index (χ1v) is 5.73. The molecule has 1 aliphatic rings. The second kappa shape index (κ2) is 3.63. The molecule has 0 amide bonds. The molecule has 2 aromatic rings. The number of carbonyl (C=O) groups is 1. The molecular formula is C12H11N3O3. The first kappa shape index (κ1) is 10.9. The average molecular weight is 245 g/mol. The third kappa shape index (κ3) is 1.35. The number of rotatable bonds is 0. The van der Waals surface area contributed by atoms with Crippen LogP contribution in [-0.4, -0.2) is 20.3 Å². The summed E-state index contributed by atoms with van der Waals surface area (Å²) < 4.78 is 1.00. The molecule has 2 heterocycles. The molecule has 0 bridgehead atoms. The number of carbonyl (C=O) groups excluding carboxylic acids is 1. The summed E-state index contributed by atoms with van der Waals surface area (Å²) in [6.45, 7) is 0. The maximum atomic E-state index is 12.1. The van der Waals surface area contributed by atoms with Crippen LogP contribution in [0.25, 0.3) is 11.0 Å². The van der Waals surface area contributed by atoms with E-state index in [4.69, 9.17) is 0 Å². The minimum absolute atomic E-state index is 0.0129. The van der Waals surface area contributed by atoms with Crippen LogP contribution in [0.5, 0.6) is 0 Å². The predicted molar refractivity (Wildman–Crippen MR) is 64.9 cm³/mol. The van der Waals surface area contributed by atoms with E-state index in [-0.39, 0.29) is 11.4 Å². The van der Waals surface area contributed by atoms with Crippen LogP contribution in [0.3, 0.4) is 0 Å². The van der Waals surface area contributed by atoms with Crippen molar-refractivity contribution in [3.63, 3.8) is 0 Å². The molecule has 0 fully saturated rings. The van der Waals surface area contributed by atoms with Crippen LogP contribution in [0.4, 0.5) is 0 Å². The zero-order valence-corrected chi connectivity index (χ0v) is 9.82. The lowest BCUT2D eigenvalue weighted by Crippen LogP contribution is -2.34. The molecule has 6 heteroatoms. The normalized spacial score (nSPS) is 14.8. The van der Waals surface area contributed by atoms with Crippen molar-refractivity contribution in [1.82, 2.24) is 14.5 Å². The highest BCUT2D eigenvalue weighted by Gasteiger charge is 2.22. The van der Waals surface area contributed by atoms with Crippen molar-refractivity contribution in [1.29, 1.82) is 0 Å². The van der Waals surface area contributed by atoms with Crippen molar-refractivity contribution in [3.05, 3.63) is 38.2 Å². The minimum Gasteiger partial charge on any atom is -0.294 e. The van der Waals surface area contributed by atoms with Crippen LogP contribution in [-0.2, 0) is 13.5 Å². The number of nitrogens with zero attached hydrogens (tertiary/aromatic N) is 2. The molecule has 0 spiro atoms. The van der Waals surface area contributed by atoms with E-state index < -0.39 is 11.2 Å². The first-order valence-electron chi connectivity index (χ1n) is 5.73. The standard InChI is InChI=1S/C12H11N3O3/c1-15-11(17)9-6-3-2-4-8(16)7(6)5-13-10(9)14-12(15)18/h5H,2-4H2,1H3,(H,13,14,18). The number of hydrogen-bond donors (Lipinski definition) is 1. The number of pyridine rings is 1. The van der Waals surface area contributed by atoms with Crippen molar-refractivity contribution in [3.8, 4) is 0 Å². The van der Waals surface area contributed by atoms with Gasteiger partial charge in [0.15, 0.2) is 5.78 Å². The summed E-state index contributed by atoms with van der Waals surface area (Å²) in [6.07, 6.45) is 3.34. The van der Waals surface area contributed by atoms with Crippen molar-refractivity contribution in [2.24, 2.45) is 7.05 Å². The highest BCUT2D eigenvalue weighted by molar-refractivity contribution is 6.01. The van der Waals surface area contributed by atoms with Gasteiger partial charge in [-0.3, -0.25) is 19.1 Å². The highest BCUT2D eigenvalue weighted by atomic mass is 16.2. The van der Waals surface area contributed by atoms with E-state index in [9.17, 15) is 14.4 Å². The van der Waals surface area contributed by atoms with Crippen molar-refractivity contribution in [2.45, 2.75) is 19.3 Å². The zero-order valence-electron chi connectivity index (χ0n) is 9.82. The van der Waals surface area contributed by atoms with Crippen LogP contribution in [0.15, 0.2) is 15.8 Å². The van der Waals surface area contributed by atoms with E-state index in [0.717, 1.165) is 11.0 Å². The van der Waals surface area contributed by atoms with E-state index in [1.165, 1.54) is 13.2 Å². The summed E-state index contributed by atoms with van der Waals surface area (Å²) in [5, 5.41) is 0.364. The molecule has 2 aromatic heterocycles. The highest BCUT2D eigenvalue weighted by Crippen LogP contribution is 2.24. The molecule has 0 unspecified atom stereocenters. The lowest BCUT2D eigenvalue weighted by atomic mass is 9.90. The third-order valence-corrected chi connectivity index (χ3v) is 3.37. The summed E-state index contributed by atoms with van der Waals surface area (Å²) in [6, 6.07) is 0. The molecule has 18 heavy (non-hydrogen) atoms. The van der Waals surface area contributed by atoms with Gasteiger partial charge in [0.1, 0.15) is 5.65 Å². The van der Waals surface area contributed by atoms with Crippen molar-refractivity contribution >= 4 is 16.8 Å². The van der Waals surface area contributed by atoms with Crippen molar-refractivity contribution in [2.75, 3.05) is 0 Å². The Morgan fingerprint density at radius 1 is 1.28 bits per heavy atom. The molecular weight excluding hydrogens is 234 g/mol. The largest absolute Gasteiger partial charge is 0.329 e. The molecule has 1 N–H and O–H groups in total. The van der Waals surface area contributed by atoms with Crippen LogP contribution in [0.1, 0.15) is 28.8 Å². The van der Waals surface area contributed by atoms with Gasteiger partial charge in [0, 0.05) is 25.2 Å². The Kier molecular flexibility index (Phi) is 2.19. The molecule has 0 atom stereocenters. The number of hydrogen-bond acceptors (Lipinski definition) is 4. The van der Waals surface area contributed by atoms with Gasteiger partial charge >= 0.3 is 5.69 Å². The average Bonchev–Trinajstić information content (AvgIpc) is 2.36. The minimum atomic E-state index is -0.498. The molecule has 0 saturated carbocycles. The van der Waals surface area contributed by atoms with Gasteiger partial charge in [0.05, 0.1) is 5.39 Å². The van der Waals surface area contributed by atoms with Gasteiger partial charge in [-0.25, -0.2) is 9.78 Å². The van der Waals surface area contributed by atoms with Crippen LogP contribution in [0.2, 0.25) is 0 Å². The van der Waals surface area contributed by atoms with E-state index >= 15 is 0 Å². The molecule has 0 saturated heterocycles. The summed E-state index contributed by atoms with van der Waals surface area (Å²) in [5.74, 6) is 0.0129. The smallest absolute Gasteiger partial charge is 0.294 e. The Labute approximate surface area is 101 Å². The SMILES string of the molecule is Cn1c(=O)[nH]c2ncc3c(c2c1=O)CCCC3=O. The monoisotopic (exact) mass is 245 g/mol. The van der Waals surface area contributed by atoms with Gasteiger partial charge in [-0.1, -0.05) is 0 Å². The number of ketones is 1. The van der Waals surface area contributed by atoms with Gasteiger partial charge < -0.3 is 0 Å². The van der Waals surface area contributed by atoms with E-state index in [1.54, 1.807) is 0 Å². The summed E-state index contributed by atoms with van der Waals surface area (Å²) in [5.41, 5.74) is 0.595. The molecule has 92 valence electrons. The number of H-pyrrole nitrogens is 1. The number of Topliss-reactive ketones (excluding diaryl/α,β-unsaturated/α-hetero) is 1. The van der Waals surface area contributed by atoms with E-state index in [0.29, 0.717) is 29.4 Å². The van der Waals surface area contributed by atoms with Gasteiger partial charge in [-0.2, -0.15) is 0 Å². The molecule has 3 rings (SSSR count). The second-order valence-electron chi connectivity index (χ2n) is 4.45. The number of aromatic nitrogens is 3. The lowest BCUT2D eigenvalue weighted by Gasteiger charge is -2.15. The lowest BCUT2D eigenvalue weighted by molar-refractivity contribution is 0.0972. The van der Waals surface area contributed by atoms with Gasteiger partial charge in [0.2, 0.25) is 0 Å². The predicted octanol–water partition coefficient (Wildman–Crippen LogP) is 0.141. The molecule has 6 nitrogen and oxygen atoms in total. The van der Waals surface area contributed by atoms with Gasteiger partial charge in [0.25, 0.3) is 5.56 Å².